The standard InChI is InChI=1S/C23H39O7P/c1-3-21(24)15-13-11-9-7-5-4-6-8-10-12-14-16-28-31(26)29-18-20-17-27-23(25)22(20)19(2)30-31/h20H,3-18H2,1-2H3. The van der Waals surface area contributed by atoms with Gasteiger partial charge in [0.2, 0.25) is 0 Å². The first-order chi connectivity index (χ1) is 14.9. The van der Waals surface area contributed by atoms with Gasteiger partial charge >= 0.3 is 13.8 Å². The zero-order valence-corrected chi connectivity index (χ0v) is 20.1. The number of fused-ring (bicyclic) bond motifs is 1. The summed E-state index contributed by atoms with van der Waals surface area (Å²) < 4.78 is 33.9. The zero-order chi connectivity index (χ0) is 22.5. The Bertz CT molecular complexity index is 658. The average molecular weight is 459 g/mol. The minimum atomic E-state index is -3.67. The van der Waals surface area contributed by atoms with Crippen molar-refractivity contribution in [3.63, 3.8) is 0 Å². The molecule has 7 nitrogen and oxygen atoms in total. The van der Waals surface area contributed by atoms with Crippen LogP contribution >= 0.6 is 7.82 Å². The van der Waals surface area contributed by atoms with Gasteiger partial charge in [-0.25, -0.2) is 9.36 Å². The van der Waals surface area contributed by atoms with Crippen molar-refractivity contribution in [2.75, 3.05) is 19.8 Å². The summed E-state index contributed by atoms with van der Waals surface area (Å²) in [4.78, 5) is 23.0. The lowest BCUT2D eigenvalue weighted by Crippen LogP contribution is -2.10. The van der Waals surface area contributed by atoms with Gasteiger partial charge in [-0.05, 0) is 19.8 Å². The van der Waals surface area contributed by atoms with Gasteiger partial charge in [0.15, 0.2) is 0 Å². The van der Waals surface area contributed by atoms with E-state index in [2.05, 4.69) is 0 Å². The molecule has 178 valence electrons. The summed E-state index contributed by atoms with van der Waals surface area (Å²) in [5.41, 5.74) is 0.410. The SMILES string of the molecule is CCC(=O)CCCCCCCCCCCCCOP1(=O)OCC2COC(=O)C2=C(C)O1. The van der Waals surface area contributed by atoms with Crippen molar-refractivity contribution in [3.8, 4) is 0 Å². The van der Waals surface area contributed by atoms with E-state index in [9.17, 15) is 14.2 Å². The molecule has 0 aromatic rings. The lowest BCUT2D eigenvalue weighted by molar-refractivity contribution is -0.135. The van der Waals surface area contributed by atoms with Crippen molar-refractivity contribution in [1.82, 2.24) is 0 Å². The van der Waals surface area contributed by atoms with Gasteiger partial charge < -0.3 is 9.26 Å². The molecule has 0 aromatic heterocycles. The van der Waals surface area contributed by atoms with E-state index < -0.39 is 13.8 Å². The summed E-state index contributed by atoms with van der Waals surface area (Å²) in [6.45, 7) is 4.19. The van der Waals surface area contributed by atoms with Crippen LogP contribution in [0.15, 0.2) is 11.3 Å². The Morgan fingerprint density at radius 2 is 1.55 bits per heavy atom. The van der Waals surface area contributed by atoms with Gasteiger partial charge in [0.05, 0.1) is 24.7 Å². The largest absolute Gasteiger partial charge is 0.529 e. The number of Topliss-reactive ketones (excluding diaryl/α,β-unsaturated/α-hetero) is 1. The summed E-state index contributed by atoms with van der Waals surface area (Å²) in [5.74, 6) is -0.00342. The van der Waals surface area contributed by atoms with Crippen LogP contribution in [-0.4, -0.2) is 31.6 Å². The second-order valence-corrected chi connectivity index (χ2v) is 10.1. The molecule has 2 rings (SSSR count). The molecule has 2 heterocycles. The molecular weight excluding hydrogens is 419 g/mol. The van der Waals surface area contributed by atoms with Crippen molar-refractivity contribution < 1.29 is 32.5 Å². The highest BCUT2D eigenvalue weighted by Crippen LogP contribution is 2.54. The van der Waals surface area contributed by atoms with Crippen LogP contribution in [0, 0.1) is 5.92 Å². The summed E-state index contributed by atoms with van der Waals surface area (Å²) in [6, 6.07) is 0. The van der Waals surface area contributed by atoms with E-state index in [0.717, 1.165) is 32.1 Å². The van der Waals surface area contributed by atoms with Crippen LogP contribution in [0.2, 0.25) is 0 Å². The van der Waals surface area contributed by atoms with Crippen molar-refractivity contribution in [1.29, 1.82) is 0 Å². The number of esters is 1. The van der Waals surface area contributed by atoms with Crippen LogP contribution in [0.1, 0.15) is 97.3 Å². The van der Waals surface area contributed by atoms with E-state index in [1.54, 1.807) is 6.92 Å². The molecule has 2 aliphatic rings. The van der Waals surface area contributed by atoms with Crippen LogP contribution < -0.4 is 0 Å². The van der Waals surface area contributed by atoms with Crippen molar-refractivity contribution in [2.24, 2.45) is 5.92 Å². The van der Waals surface area contributed by atoms with Gasteiger partial charge in [0, 0.05) is 12.8 Å². The summed E-state index contributed by atoms with van der Waals surface area (Å²) in [7, 11) is -3.67. The number of ketones is 1. The van der Waals surface area contributed by atoms with Crippen LogP contribution in [0.5, 0.6) is 0 Å². The maximum absolute atomic E-state index is 12.7. The molecule has 8 heteroatoms. The molecule has 0 amide bonds. The Morgan fingerprint density at radius 3 is 2.16 bits per heavy atom. The lowest BCUT2D eigenvalue weighted by Gasteiger charge is -2.17. The first kappa shape index (κ1) is 26.1. The first-order valence-corrected chi connectivity index (χ1v) is 13.4. The Morgan fingerprint density at radius 1 is 0.968 bits per heavy atom. The minimum Gasteiger partial charge on any atom is -0.461 e. The fraction of sp³-hybridized carbons (Fsp3) is 0.826. The Hall–Kier alpha value is -1.17. The van der Waals surface area contributed by atoms with E-state index in [4.69, 9.17) is 18.3 Å². The van der Waals surface area contributed by atoms with Gasteiger partial charge in [0.1, 0.15) is 18.1 Å². The molecule has 1 saturated heterocycles. The fourth-order valence-electron chi connectivity index (χ4n) is 3.92. The molecule has 0 radical (unpaired) electrons. The van der Waals surface area contributed by atoms with Crippen LogP contribution in [-0.2, 0) is 32.5 Å². The van der Waals surface area contributed by atoms with Gasteiger partial charge in [0.25, 0.3) is 0 Å². The van der Waals surface area contributed by atoms with Crippen LogP contribution in [0.25, 0.3) is 0 Å². The Kier molecular flexibility index (Phi) is 11.8. The van der Waals surface area contributed by atoms with E-state index in [-0.39, 0.29) is 24.9 Å². The molecule has 0 aliphatic carbocycles. The Labute approximate surface area is 186 Å². The number of hydrogen-bond acceptors (Lipinski definition) is 7. The first-order valence-electron chi connectivity index (χ1n) is 11.9. The third-order valence-corrected chi connectivity index (χ3v) is 7.31. The monoisotopic (exact) mass is 458 g/mol. The summed E-state index contributed by atoms with van der Waals surface area (Å²) in [6.07, 6.45) is 14.0. The predicted molar refractivity (Wildman–Crippen MR) is 118 cm³/mol. The second-order valence-electron chi connectivity index (χ2n) is 8.46. The van der Waals surface area contributed by atoms with Gasteiger partial charge in [-0.15, -0.1) is 0 Å². The highest BCUT2D eigenvalue weighted by molar-refractivity contribution is 7.48. The number of phosphoric acid groups is 1. The number of unbranched alkanes of at least 4 members (excludes halogenated alkanes) is 10. The maximum Gasteiger partial charge on any atom is 0.529 e. The summed E-state index contributed by atoms with van der Waals surface area (Å²) >= 11 is 0. The molecule has 31 heavy (non-hydrogen) atoms. The topological polar surface area (TPSA) is 88.1 Å². The van der Waals surface area contributed by atoms with Gasteiger partial charge in [-0.3, -0.25) is 13.8 Å². The lowest BCUT2D eigenvalue weighted by atomic mass is 10.0. The molecule has 0 spiro atoms. The Balaban J connectivity index is 1.44. The number of phosphoric ester groups is 1. The molecule has 0 N–H and O–H groups in total. The fourth-order valence-corrected chi connectivity index (χ4v) is 5.25. The predicted octanol–water partition coefficient (Wildman–Crippen LogP) is 6.27. The third-order valence-electron chi connectivity index (χ3n) is 5.85. The molecule has 1 fully saturated rings. The van der Waals surface area contributed by atoms with Gasteiger partial charge in [-0.1, -0.05) is 64.7 Å². The number of allylic oxidation sites excluding steroid dienone is 1. The van der Waals surface area contributed by atoms with E-state index >= 15 is 0 Å². The molecule has 0 bridgehead atoms. The third kappa shape index (κ3) is 9.46. The second kappa shape index (κ2) is 14.1. The number of carbonyl (C=O) groups excluding carboxylic acids is 2. The zero-order valence-electron chi connectivity index (χ0n) is 19.2. The van der Waals surface area contributed by atoms with E-state index in [1.165, 1.54) is 44.9 Å². The molecule has 0 aromatic carbocycles. The van der Waals surface area contributed by atoms with Crippen molar-refractivity contribution in [2.45, 2.75) is 97.3 Å². The molecule has 2 aliphatic heterocycles. The molecule has 2 atom stereocenters. The minimum absolute atomic E-state index is 0.104. The van der Waals surface area contributed by atoms with E-state index in [1.807, 2.05) is 6.92 Å². The molecular formula is C23H39O7P. The number of ether oxygens (including phenoxy) is 1. The molecule has 2 unspecified atom stereocenters. The smallest absolute Gasteiger partial charge is 0.461 e. The number of cyclic esters (lactones) is 1. The van der Waals surface area contributed by atoms with E-state index in [0.29, 0.717) is 24.4 Å². The maximum atomic E-state index is 12.7. The average Bonchev–Trinajstić information content (AvgIpc) is 3.06. The van der Waals surface area contributed by atoms with Crippen LogP contribution in [0.4, 0.5) is 0 Å². The number of hydrogen-bond donors (Lipinski definition) is 0. The quantitative estimate of drug-likeness (QED) is 0.153. The highest BCUT2D eigenvalue weighted by atomic mass is 31.2. The number of carbonyl (C=O) groups is 2. The normalized spacial score (nSPS) is 23.3. The number of rotatable bonds is 16. The summed E-state index contributed by atoms with van der Waals surface area (Å²) in [5, 5.41) is 0. The van der Waals surface area contributed by atoms with Crippen molar-refractivity contribution in [3.05, 3.63) is 11.3 Å². The van der Waals surface area contributed by atoms with Crippen molar-refractivity contribution >= 4 is 19.6 Å². The van der Waals surface area contributed by atoms with Gasteiger partial charge in [-0.2, -0.15) is 0 Å². The highest BCUT2D eigenvalue weighted by Gasteiger charge is 2.42. The molecule has 0 saturated carbocycles. The van der Waals surface area contributed by atoms with Crippen LogP contribution in [0.3, 0.4) is 0 Å².